The zero-order valence-corrected chi connectivity index (χ0v) is 18.0. The second kappa shape index (κ2) is 11.9. The van der Waals surface area contributed by atoms with Crippen LogP contribution in [-0.4, -0.2) is 37.3 Å². The van der Waals surface area contributed by atoms with Crippen LogP contribution in [0.3, 0.4) is 0 Å². The molecular formula is C17H30N4O6P+. The number of rotatable bonds is 9. The van der Waals surface area contributed by atoms with Crippen molar-refractivity contribution < 1.29 is 18.7 Å². The van der Waals surface area contributed by atoms with Gasteiger partial charge in [-0.1, -0.05) is 26.7 Å². The van der Waals surface area contributed by atoms with Crippen molar-refractivity contribution in [3.05, 3.63) is 27.2 Å². The SMILES string of the molecule is CCCC.COC(C)n1c(=O)c2c(ncn2CCCCO[P+](=O)O)n(C)c1=O. The van der Waals surface area contributed by atoms with Crippen molar-refractivity contribution in [2.45, 2.75) is 59.2 Å². The Bertz CT molecular complexity index is 886. The highest BCUT2D eigenvalue weighted by molar-refractivity contribution is 7.32. The smallest absolute Gasteiger partial charge is 0.361 e. The van der Waals surface area contributed by atoms with Crippen LogP contribution in [0.1, 0.15) is 52.7 Å². The number of unbranched alkanes of at least 4 members (excludes halogenated alkanes) is 2. The van der Waals surface area contributed by atoms with Crippen molar-refractivity contribution in [2.75, 3.05) is 13.7 Å². The first-order valence-corrected chi connectivity index (χ1v) is 10.4. The van der Waals surface area contributed by atoms with Crippen LogP contribution in [0, 0.1) is 0 Å². The molecule has 0 aliphatic carbocycles. The van der Waals surface area contributed by atoms with E-state index in [9.17, 15) is 14.2 Å². The summed E-state index contributed by atoms with van der Waals surface area (Å²) in [4.78, 5) is 37.7. The van der Waals surface area contributed by atoms with E-state index in [4.69, 9.17) is 9.63 Å². The van der Waals surface area contributed by atoms with Crippen LogP contribution in [0.4, 0.5) is 0 Å². The van der Waals surface area contributed by atoms with Gasteiger partial charge in [0.1, 0.15) is 12.8 Å². The number of hydrogen-bond acceptors (Lipinski definition) is 6. The summed E-state index contributed by atoms with van der Waals surface area (Å²) in [6, 6.07) is 0. The van der Waals surface area contributed by atoms with Crippen molar-refractivity contribution in [3.63, 3.8) is 0 Å². The van der Waals surface area contributed by atoms with Gasteiger partial charge in [0, 0.05) is 25.3 Å². The van der Waals surface area contributed by atoms with Crippen LogP contribution in [0.2, 0.25) is 0 Å². The lowest BCUT2D eigenvalue weighted by molar-refractivity contribution is 0.0533. The van der Waals surface area contributed by atoms with Gasteiger partial charge in [-0.2, -0.15) is 0 Å². The fourth-order valence-electron chi connectivity index (χ4n) is 2.41. The van der Waals surface area contributed by atoms with Gasteiger partial charge in [-0.25, -0.2) is 14.3 Å². The molecule has 158 valence electrons. The predicted molar refractivity (Wildman–Crippen MR) is 107 cm³/mol. The molecule has 0 aliphatic rings. The minimum Gasteiger partial charge on any atom is -0.361 e. The lowest BCUT2D eigenvalue weighted by atomic mass is 10.3. The number of aryl methyl sites for hydroxylation is 2. The second-order valence-electron chi connectivity index (χ2n) is 6.24. The molecule has 2 rings (SSSR count). The first kappa shape index (κ1) is 24.2. The molecule has 0 spiro atoms. The molecule has 1 N–H and O–H groups in total. The molecule has 0 amide bonds. The van der Waals surface area contributed by atoms with E-state index in [-0.39, 0.29) is 6.61 Å². The van der Waals surface area contributed by atoms with Crippen LogP contribution >= 0.6 is 8.25 Å². The molecule has 2 aromatic rings. The summed E-state index contributed by atoms with van der Waals surface area (Å²) < 4.78 is 24.1. The summed E-state index contributed by atoms with van der Waals surface area (Å²) >= 11 is 0. The minimum absolute atomic E-state index is 0.155. The van der Waals surface area contributed by atoms with Crippen LogP contribution < -0.4 is 11.2 Å². The number of fused-ring (bicyclic) bond motifs is 1. The Labute approximate surface area is 164 Å². The quantitative estimate of drug-likeness (QED) is 0.491. The van der Waals surface area contributed by atoms with Crippen molar-refractivity contribution >= 4 is 19.4 Å². The van der Waals surface area contributed by atoms with Crippen LogP contribution in [0.15, 0.2) is 15.9 Å². The molecule has 0 fully saturated rings. The molecule has 28 heavy (non-hydrogen) atoms. The van der Waals surface area contributed by atoms with Crippen LogP contribution in [0.25, 0.3) is 11.2 Å². The van der Waals surface area contributed by atoms with Gasteiger partial charge in [-0.05, 0) is 19.8 Å². The van der Waals surface area contributed by atoms with E-state index in [2.05, 4.69) is 23.4 Å². The number of nitrogens with zero attached hydrogens (tertiary/aromatic N) is 4. The van der Waals surface area contributed by atoms with Gasteiger partial charge >= 0.3 is 13.9 Å². The van der Waals surface area contributed by atoms with E-state index in [1.165, 1.54) is 30.8 Å². The Balaban J connectivity index is 0.000000892. The van der Waals surface area contributed by atoms with Crippen molar-refractivity contribution in [1.82, 2.24) is 18.7 Å². The zero-order valence-electron chi connectivity index (χ0n) is 17.1. The predicted octanol–water partition coefficient (Wildman–Crippen LogP) is 2.31. The zero-order chi connectivity index (χ0) is 21.3. The summed E-state index contributed by atoms with van der Waals surface area (Å²) in [6.07, 6.45) is 4.62. The molecule has 2 aromatic heterocycles. The van der Waals surface area contributed by atoms with Gasteiger partial charge in [0.05, 0.1) is 6.33 Å². The standard InChI is InChI=1S/C13H19N4O6P.C4H10/c1-9(22-3)17-12(18)10-11(15(2)13(17)19)14-8-16(10)6-4-5-7-23-24(20)21;1-3-4-2/h8-9H,4-7H2,1-3H3;3-4H2,1-2H3/p+1. The minimum atomic E-state index is -2.59. The molecule has 0 radical (unpaired) electrons. The van der Waals surface area contributed by atoms with Crippen LogP contribution in [0.5, 0.6) is 0 Å². The number of methoxy groups -OCH3 is 1. The molecule has 10 nitrogen and oxygen atoms in total. The summed E-state index contributed by atoms with van der Waals surface area (Å²) in [5.74, 6) is 0. The summed E-state index contributed by atoms with van der Waals surface area (Å²) in [5.41, 5.74) is -0.337. The molecule has 2 unspecified atom stereocenters. The second-order valence-corrected chi connectivity index (χ2v) is 6.97. The molecule has 11 heteroatoms. The van der Waals surface area contributed by atoms with Gasteiger partial charge in [0.25, 0.3) is 5.56 Å². The van der Waals surface area contributed by atoms with E-state index in [1.807, 2.05) is 0 Å². The first-order chi connectivity index (χ1) is 13.3. The maximum absolute atomic E-state index is 12.7. The monoisotopic (exact) mass is 417 g/mol. The Kier molecular flexibility index (Phi) is 10.2. The number of imidazole rings is 1. The van der Waals surface area contributed by atoms with E-state index in [0.717, 1.165) is 4.57 Å². The molecule has 0 saturated heterocycles. The van der Waals surface area contributed by atoms with Crippen LogP contribution in [-0.2, 0) is 27.4 Å². The normalized spacial score (nSPS) is 12.6. The largest absolute Gasteiger partial charge is 0.694 e. The fraction of sp³-hybridized carbons (Fsp3) is 0.706. The third-order valence-corrected chi connectivity index (χ3v) is 4.65. The van der Waals surface area contributed by atoms with E-state index >= 15 is 0 Å². The third kappa shape index (κ3) is 6.07. The number of aromatic nitrogens is 4. The molecular weight excluding hydrogens is 387 g/mol. The molecule has 0 bridgehead atoms. The van der Waals surface area contributed by atoms with Gasteiger partial charge in [-0.15, -0.1) is 9.42 Å². The van der Waals surface area contributed by atoms with E-state index < -0.39 is 25.7 Å². The Morgan fingerprint density at radius 1 is 1.25 bits per heavy atom. The summed E-state index contributed by atoms with van der Waals surface area (Å²) in [5, 5.41) is 0. The van der Waals surface area contributed by atoms with Crippen molar-refractivity contribution in [3.8, 4) is 0 Å². The van der Waals surface area contributed by atoms with E-state index in [1.54, 1.807) is 18.5 Å². The van der Waals surface area contributed by atoms with Gasteiger partial charge < -0.3 is 9.30 Å². The summed E-state index contributed by atoms with van der Waals surface area (Å²) in [6.45, 7) is 6.60. The molecule has 2 atom stereocenters. The average Bonchev–Trinajstić information content (AvgIpc) is 3.10. The topological polar surface area (TPSA) is 118 Å². The number of hydrogen-bond donors (Lipinski definition) is 1. The molecule has 0 aliphatic heterocycles. The van der Waals surface area contributed by atoms with Gasteiger partial charge in [-0.3, -0.25) is 9.36 Å². The fourth-order valence-corrected chi connectivity index (χ4v) is 2.70. The average molecular weight is 417 g/mol. The van der Waals surface area contributed by atoms with E-state index in [0.29, 0.717) is 30.6 Å². The molecule has 2 heterocycles. The van der Waals surface area contributed by atoms with Crippen molar-refractivity contribution in [2.24, 2.45) is 7.05 Å². The highest BCUT2D eigenvalue weighted by atomic mass is 31.1. The van der Waals surface area contributed by atoms with Crippen molar-refractivity contribution in [1.29, 1.82) is 0 Å². The summed E-state index contributed by atoms with van der Waals surface area (Å²) in [7, 11) is 0.377. The maximum atomic E-state index is 12.7. The Morgan fingerprint density at radius 3 is 2.43 bits per heavy atom. The highest BCUT2D eigenvalue weighted by Crippen LogP contribution is 2.15. The maximum Gasteiger partial charge on any atom is 0.694 e. The first-order valence-electron chi connectivity index (χ1n) is 9.28. The molecule has 0 saturated carbocycles. The van der Waals surface area contributed by atoms with Gasteiger partial charge in [0.15, 0.2) is 11.2 Å². The Morgan fingerprint density at radius 2 is 1.89 bits per heavy atom. The number of ether oxygens (including phenoxy) is 1. The lowest BCUT2D eigenvalue weighted by Gasteiger charge is -2.14. The lowest BCUT2D eigenvalue weighted by Crippen LogP contribution is -2.41. The highest BCUT2D eigenvalue weighted by Gasteiger charge is 2.19. The Hall–Kier alpha value is -1.87. The molecule has 0 aromatic carbocycles. The van der Waals surface area contributed by atoms with Gasteiger partial charge in [0.2, 0.25) is 0 Å². The third-order valence-electron chi connectivity index (χ3n) is 4.25.